The first-order valence-corrected chi connectivity index (χ1v) is 6.76. The molecule has 0 aliphatic carbocycles. The number of ether oxygens (including phenoxy) is 1. The van der Waals surface area contributed by atoms with Crippen molar-refractivity contribution in [3.8, 4) is 5.75 Å². The van der Waals surface area contributed by atoms with Crippen LogP contribution >= 0.6 is 0 Å². The summed E-state index contributed by atoms with van der Waals surface area (Å²) in [5, 5.41) is 2.98. The predicted molar refractivity (Wildman–Crippen MR) is 79.7 cm³/mol. The first-order valence-electron chi connectivity index (χ1n) is 6.76. The number of nitrogens with one attached hydrogen (secondary N) is 1. The highest BCUT2D eigenvalue weighted by atomic mass is 19.1. The summed E-state index contributed by atoms with van der Waals surface area (Å²) >= 11 is 0. The van der Waals surface area contributed by atoms with Crippen LogP contribution in [-0.2, 0) is 0 Å². The molecule has 2 nitrogen and oxygen atoms in total. The van der Waals surface area contributed by atoms with Gasteiger partial charge in [-0.05, 0) is 44.2 Å². The third kappa shape index (κ3) is 2.90. The van der Waals surface area contributed by atoms with Gasteiger partial charge < -0.3 is 10.1 Å². The normalized spacial score (nSPS) is 12.3. The highest BCUT2D eigenvalue weighted by Gasteiger charge is 2.24. The van der Waals surface area contributed by atoms with Crippen LogP contribution in [0.25, 0.3) is 0 Å². The highest BCUT2D eigenvalue weighted by Crippen LogP contribution is 2.34. The Morgan fingerprint density at radius 2 is 1.81 bits per heavy atom. The van der Waals surface area contributed by atoms with Crippen LogP contribution in [0.2, 0.25) is 0 Å². The molecule has 0 saturated heterocycles. The molecule has 2 aromatic carbocycles. The highest BCUT2D eigenvalue weighted by molar-refractivity contribution is 5.45. The average molecular weight is 291 g/mol. The van der Waals surface area contributed by atoms with Gasteiger partial charge in [0.05, 0.1) is 13.2 Å². The second-order valence-electron chi connectivity index (χ2n) is 5.06. The van der Waals surface area contributed by atoms with Crippen molar-refractivity contribution < 1.29 is 13.5 Å². The number of halogens is 2. The van der Waals surface area contributed by atoms with Crippen LogP contribution in [-0.4, -0.2) is 14.2 Å². The molecule has 0 saturated carbocycles. The second-order valence-corrected chi connectivity index (χ2v) is 5.06. The van der Waals surface area contributed by atoms with Crippen LogP contribution in [0.1, 0.15) is 28.3 Å². The molecule has 0 fully saturated rings. The van der Waals surface area contributed by atoms with E-state index in [0.29, 0.717) is 16.9 Å². The van der Waals surface area contributed by atoms with Crippen molar-refractivity contribution in [1.29, 1.82) is 0 Å². The number of rotatable bonds is 4. The van der Waals surface area contributed by atoms with Crippen LogP contribution in [0.3, 0.4) is 0 Å². The third-order valence-electron chi connectivity index (χ3n) is 3.60. The molecule has 0 bridgehead atoms. The average Bonchev–Trinajstić information content (AvgIpc) is 2.48. The number of hydrogen-bond acceptors (Lipinski definition) is 2. The Morgan fingerprint density at radius 3 is 2.43 bits per heavy atom. The zero-order valence-corrected chi connectivity index (χ0v) is 12.6. The molecule has 0 aliphatic heterocycles. The number of hydrogen-bond donors (Lipinski definition) is 1. The lowest BCUT2D eigenvalue weighted by molar-refractivity contribution is 0.403. The summed E-state index contributed by atoms with van der Waals surface area (Å²) in [5.41, 5.74) is 2.15. The zero-order valence-electron chi connectivity index (χ0n) is 12.6. The van der Waals surface area contributed by atoms with Crippen molar-refractivity contribution in [1.82, 2.24) is 5.32 Å². The van der Waals surface area contributed by atoms with Gasteiger partial charge in [-0.25, -0.2) is 8.78 Å². The molecule has 0 amide bonds. The first kappa shape index (κ1) is 15.4. The molecule has 4 heteroatoms. The Morgan fingerprint density at radius 1 is 1.10 bits per heavy atom. The van der Waals surface area contributed by atoms with Crippen molar-refractivity contribution in [2.45, 2.75) is 19.9 Å². The van der Waals surface area contributed by atoms with E-state index in [0.717, 1.165) is 5.56 Å². The standard InChI is InChI=1S/C17H19F2NO/c1-10-5-7-12(14(9-10)21-4)17(20-3)15-13(18)8-6-11(2)16(15)19/h5-9,17,20H,1-4H3. The van der Waals surface area contributed by atoms with Crippen molar-refractivity contribution in [3.63, 3.8) is 0 Å². The maximum Gasteiger partial charge on any atom is 0.134 e. The summed E-state index contributed by atoms with van der Waals surface area (Å²) < 4.78 is 33.9. The summed E-state index contributed by atoms with van der Waals surface area (Å²) in [4.78, 5) is 0. The fourth-order valence-electron chi connectivity index (χ4n) is 2.46. The maximum absolute atomic E-state index is 14.4. The molecule has 21 heavy (non-hydrogen) atoms. The van der Waals surface area contributed by atoms with E-state index in [4.69, 9.17) is 4.74 Å². The lowest BCUT2D eigenvalue weighted by atomic mass is 9.94. The monoisotopic (exact) mass is 291 g/mol. The van der Waals surface area contributed by atoms with E-state index in [-0.39, 0.29) is 5.56 Å². The topological polar surface area (TPSA) is 21.3 Å². The number of methoxy groups -OCH3 is 1. The molecule has 1 N–H and O–H groups in total. The smallest absolute Gasteiger partial charge is 0.134 e. The van der Waals surface area contributed by atoms with Crippen molar-refractivity contribution >= 4 is 0 Å². The molecular formula is C17H19F2NO. The van der Waals surface area contributed by atoms with Crippen molar-refractivity contribution in [2.75, 3.05) is 14.2 Å². The predicted octanol–water partition coefficient (Wildman–Crippen LogP) is 3.90. The quantitative estimate of drug-likeness (QED) is 0.922. The van der Waals surface area contributed by atoms with Gasteiger partial charge >= 0.3 is 0 Å². The second kappa shape index (κ2) is 6.22. The lowest BCUT2D eigenvalue weighted by Crippen LogP contribution is -2.21. The zero-order chi connectivity index (χ0) is 15.6. The molecular weight excluding hydrogens is 272 g/mol. The van der Waals surface area contributed by atoms with Gasteiger partial charge in [0.1, 0.15) is 17.4 Å². The molecule has 0 radical (unpaired) electrons. The van der Waals surface area contributed by atoms with E-state index >= 15 is 0 Å². The summed E-state index contributed by atoms with van der Waals surface area (Å²) in [7, 11) is 3.22. The molecule has 0 aromatic heterocycles. The van der Waals surface area contributed by atoms with E-state index in [1.54, 1.807) is 21.1 Å². The van der Waals surface area contributed by atoms with Gasteiger partial charge in [0.15, 0.2) is 0 Å². The van der Waals surface area contributed by atoms with Gasteiger partial charge in [-0.15, -0.1) is 0 Å². The molecule has 1 unspecified atom stereocenters. The Kier molecular flexibility index (Phi) is 4.58. The summed E-state index contributed by atoms with van der Waals surface area (Å²) in [6.07, 6.45) is 0. The Balaban J connectivity index is 2.63. The van der Waals surface area contributed by atoms with Gasteiger partial charge in [0.2, 0.25) is 0 Å². The van der Waals surface area contributed by atoms with E-state index in [9.17, 15) is 8.78 Å². The van der Waals surface area contributed by atoms with Crippen LogP contribution in [0.5, 0.6) is 5.75 Å². The number of benzene rings is 2. The van der Waals surface area contributed by atoms with E-state index in [1.807, 2.05) is 25.1 Å². The SMILES string of the molecule is CNC(c1ccc(C)cc1OC)c1c(F)ccc(C)c1F. The van der Waals surface area contributed by atoms with Crippen LogP contribution in [0.4, 0.5) is 8.78 Å². The summed E-state index contributed by atoms with van der Waals surface area (Å²) in [6.45, 7) is 3.56. The fraction of sp³-hybridized carbons (Fsp3) is 0.294. The Labute approximate surface area is 123 Å². The van der Waals surface area contributed by atoms with Crippen LogP contribution < -0.4 is 10.1 Å². The number of aryl methyl sites for hydroxylation is 2. The van der Waals surface area contributed by atoms with E-state index in [1.165, 1.54) is 12.1 Å². The van der Waals surface area contributed by atoms with Gasteiger partial charge in [-0.2, -0.15) is 0 Å². The first-order chi connectivity index (χ1) is 9.99. The summed E-state index contributed by atoms with van der Waals surface area (Å²) in [5.74, 6) is -0.494. The molecule has 2 aromatic rings. The van der Waals surface area contributed by atoms with E-state index in [2.05, 4.69) is 5.32 Å². The minimum atomic E-state index is -0.611. The van der Waals surface area contributed by atoms with Gasteiger partial charge in [0.25, 0.3) is 0 Å². The van der Waals surface area contributed by atoms with Gasteiger partial charge in [0, 0.05) is 11.1 Å². The Bertz CT molecular complexity index is 655. The molecule has 0 spiro atoms. The third-order valence-corrected chi connectivity index (χ3v) is 3.60. The summed E-state index contributed by atoms with van der Waals surface area (Å²) in [6, 6.07) is 7.70. The fourth-order valence-corrected chi connectivity index (χ4v) is 2.46. The van der Waals surface area contributed by atoms with Crippen LogP contribution in [0, 0.1) is 25.5 Å². The lowest BCUT2D eigenvalue weighted by Gasteiger charge is -2.22. The molecule has 0 aliphatic rings. The van der Waals surface area contributed by atoms with Crippen molar-refractivity contribution in [2.24, 2.45) is 0 Å². The minimum Gasteiger partial charge on any atom is -0.496 e. The molecule has 112 valence electrons. The van der Waals surface area contributed by atoms with Gasteiger partial charge in [-0.1, -0.05) is 18.2 Å². The van der Waals surface area contributed by atoms with Crippen LogP contribution in [0.15, 0.2) is 30.3 Å². The van der Waals surface area contributed by atoms with Crippen molar-refractivity contribution in [3.05, 3.63) is 64.2 Å². The molecule has 0 heterocycles. The minimum absolute atomic E-state index is 0.0136. The molecule has 1 atom stereocenters. The van der Waals surface area contributed by atoms with Gasteiger partial charge in [-0.3, -0.25) is 0 Å². The van der Waals surface area contributed by atoms with E-state index < -0.39 is 17.7 Å². The largest absolute Gasteiger partial charge is 0.496 e. The molecule has 2 rings (SSSR count). The maximum atomic E-state index is 14.4. The Hall–Kier alpha value is -1.94.